The minimum atomic E-state index is -0.906. The van der Waals surface area contributed by atoms with E-state index >= 15 is 0 Å². The Bertz CT molecular complexity index is 442. The van der Waals surface area contributed by atoms with Crippen LogP contribution in [0.1, 0.15) is 13.8 Å². The van der Waals surface area contributed by atoms with Gasteiger partial charge in [-0.25, -0.2) is 9.59 Å². The van der Waals surface area contributed by atoms with Crippen LogP contribution < -0.4 is 5.32 Å². The van der Waals surface area contributed by atoms with E-state index in [4.69, 9.17) is 5.11 Å². The smallest absolute Gasteiger partial charge is 0.320 e. The van der Waals surface area contributed by atoms with E-state index < -0.39 is 11.9 Å². The highest BCUT2D eigenvalue weighted by atomic mass is 16.4. The number of piperazine rings is 1. The molecule has 0 aromatic rings. The van der Waals surface area contributed by atoms with Crippen LogP contribution >= 0.6 is 0 Å². The highest BCUT2D eigenvalue weighted by Crippen LogP contribution is 2.16. The summed E-state index contributed by atoms with van der Waals surface area (Å²) in [6.45, 7) is 6.16. The van der Waals surface area contributed by atoms with Crippen LogP contribution in [0.2, 0.25) is 0 Å². The van der Waals surface area contributed by atoms with Gasteiger partial charge in [0.15, 0.2) is 0 Å². The molecular weight excluding hydrogens is 276 g/mol. The van der Waals surface area contributed by atoms with Crippen LogP contribution in [-0.4, -0.2) is 83.1 Å². The van der Waals surface area contributed by atoms with Crippen LogP contribution in [-0.2, 0) is 4.79 Å². The van der Waals surface area contributed by atoms with Gasteiger partial charge in [-0.1, -0.05) is 6.92 Å². The van der Waals surface area contributed by atoms with Gasteiger partial charge in [0.25, 0.3) is 0 Å². The maximum atomic E-state index is 12.5. The molecule has 8 heteroatoms. The maximum Gasteiger partial charge on any atom is 0.320 e. The first-order valence-electron chi connectivity index (χ1n) is 7.25. The molecular formula is C13H22N4O4. The van der Waals surface area contributed by atoms with E-state index in [2.05, 4.69) is 5.32 Å². The fourth-order valence-corrected chi connectivity index (χ4v) is 2.73. The lowest BCUT2D eigenvalue weighted by Gasteiger charge is -2.39. The molecule has 2 atom stereocenters. The van der Waals surface area contributed by atoms with Gasteiger partial charge in [-0.2, -0.15) is 0 Å². The van der Waals surface area contributed by atoms with Crippen molar-refractivity contribution in [3.63, 3.8) is 0 Å². The molecule has 0 radical (unpaired) electrons. The summed E-state index contributed by atoms with van der Waals surface area (Å²) in [4.78, 5) is 40.0. The first-order valence-corrected chi connectivity index (χ1v) is 7.25. The third-order valence-electron chi connectivity index (χ3n) is 4.07. The molecule has 0 saturated carbocycles. The molecule has 2 heterocycles. The zero-order valence-corrected chi connectivity index (χ0v) is 12.4. The predicted molar refractivity (Wildman–Crippen MR) is 74.9 cm³/mol. The first kappa shape index (κ1) is 15.4. The van der Waals surface area contributed by atoms with E-state index in [1.165, 1.54) is 0 Å². The van der Waals surface area contributed by atoms with Gasteiger partial charge in [0, 0.05) is 39.3 Å². The van der Waals surface area contributed by atoms with Crippen LogP contribution in [0.3, 0.4) is 0 Å². The van der Waals surface area contributed by atoms with Crippen molar-refractivity contribution in [2.75, 3.05) is 39.3 Å². The first-order chi connectivity index (χ1) is 9.93. The third kappa shape index (κ3) is 3.20. The van der Waals surface area contributed by atoms with Gasteiger partial charge in [0.2, 0.25) is 0 Å². The number of carboxylic acids is 1. The van der Waals surface area contributed by atoms with Crippen LogP contribution in [0.4, 0.5) is 9.59 Å². The summed E-state index contributed by atoms with van der Waals surface area (Å²) in [7, 11) is 0. The van der Waals surface area contributed by atoms with E-state index in [9.17, 15) is 14.4 Å². The van der Waals surface area contributed by atoms with Gasteiger partial charge in [-0.3, -0.25) is 4.79 Å². The highest BCUT2D eigenvalue weighted by molar-refractivity contribution is 5.79. The largest absolute Gasteiger partial charge is 0.481 e. The monoisotopic (exact) mass is 298 g/mol. The van der Waals surface area contributed by atoms with Crippen molar-refractivity contribution in [2.45, 2.75) is 19.9 Å². The van der Waals surface area contributed by atoms with Crippen LogP contribution in [0.5, 0.6) is 0 Å². The Morgan fingerprint density at radius 3 is 2.81 bits per heavy atom. The Balaban J connectivity index is 1.95. The average Bonchev–Trinajstić information content (AvgIpc) is 2.84. The van der Waals surface area contributed by atoms with Gasteiger partial charge < -0.3 is 25.1 Å². The number of carboxylic acid groups (broad SMARTS) is 1. The summed E-state index contributed by atoms with van der Waals surface area (Å²) in [6, 6.07) is -0.200. The highest BCUT2D eigenvalue weighted by Gasteiger charge is 2.38. The lowest BCUT2D eigenvalue weighted by atomic mass is 10.1. The summed E-state index contributed by atoms with van der Waals surface area (Å²) in [5.74, 6) is -1.50. The summed E-state index contributed by atoms with van der Waals surface area (Å²) in [5.41, 5.74) is 0. The SMILES string of the molecule is CCN(CC(C)C(=O)O)C(=O)N1CCN2C(=O)NCC2C1. The number of nitrogens with zero attached hydrogens (tertiary/aromatic N) is 3. The van der Waals surface area contributed by atoms with Crippen molar-refractivity contribution in [3.05, 3.63) is 0 Å². The molecule has 2 aliphatic heterocycles. The Labute approximate surface area is 123 Å². The third-order valence-corrected chi connectivity index (χ3v) is 4.07. The zero-order valence-electron chi connectivity index (χ0n) is 12.4. The standard InChI is InChI=1S/C13H22N4O4/c1-3-15(7-9(2)11(18)19)13(21)16-4-5-17-10(8-16)6-14-12(17)20/h9-10H,3-8H2,1-2H3,(H,14,20)(H,18,19). The number of rotatable bonds is 4. The van der Waals surface area contributed by atoms with Gasteiger partial charge in [0.05, 0.1) is 12.0 Å². The second kappa shape index (κ2) is 6.19. The van der Waals surface area contributed by atoms with Gasteiger partial charge in [0.1, 0.15) is 0 Å². The van der Waals surface area contributed by atoms with Crippen LogP contribution in [0, 0.1) is 5.92 Å². The van der Waals surface area contributed by atoms with E-state index in [1.807, 2.05) is 6.92 Å². The molecule has 2 aliphatic rings. The Morgan fingerprint density at radius 2 is 2.19 bits per heavy atom. The Morgan fingerprint density at radius 1 is 1.48 bits per heavy atom. The normalized spacial score (nSPS) is 22.6. The lowest BCUT2D eigenvalue weighted by Crippen LogP contribution is -2.57. The van der Waals surface area contributed by atoms with E-state index in [0.717, 1.165) is 0 Å². The number of carbonyl (C=O) groups is 3. The van der Waals surface area contributed by atoms with Crippen molar-refractivity contribution in [3.8, 4) is 0 Å². The van der Waals surface area contributed by atoms with Gasteiger partial charge >= 0.3 is 18.0 Å². The molecule has 0 aliphatic carbocycles. The average molecular weight is 298 g/mol. The topological polar surface area (TPSA) is 93.2 Å². The summed E-state index contributed by atoms with van der Waals surface area (Å²) >= 11 is 0. The van der Waals surface area contributed by atoms with E-state index in [0.29, 0.717) is 32.7 Å². The Kier molecular flexibility index (Phi) is 4.54. The van der Waals surface area contributed by atoms with Gasteiger partial charge in [-0.15, -0.1) is 0 Å². The minimum Gasteiger partial charge on any atom is -0.481 e. The molecule has 8 nitrogen and oxygen atoms in total. The van der Waals surface area contributed by atoms with Crippen LogP contribution in [0.15, 0.2) is 0 Å². The number of carbonyl (C=O) groups excluding carboxylic acids is 2. The predicted octanol–water partition coefficient (Wildman–Crippen LogP) is -0.142. The molecule has 0 bridgehead atoms. The molecule has 2 N–H and O–H groups in total. The van der Waals surface area contributed by atoms with Crippen molar-refractivity contribution < 1.29 is 19.5 Å². The quantitative estimate of drug-likeness (QED) is 0.755. The number of hydrogen-bond acceptors (Lipinski definition) is 3. The number of nitrogens with one attached hydrogen (secondary N) is 1. The molecule has 2 fully saturated rings. The van der Waals surface area contributed by atoms with Crippen molar-refractivity contribution in [1.29, 1.82) is 0 Å². The second-order valence-corrected chi connectivity index (χ2v) is 5.54. The molecule has 0 aromatic heterocycles. The fraction of sp³-hybridized carbons (Fsp3) is 0.769. The van der Waals surface area contributed by atoms with E-state index in [-0.39, 0.29) is 24.6 Å². The molecule has 4 amide bonds. The summed E-state index contributed by atoms with van der Waals surface area (Å²) in [5, 5.41) is 11.7. The molecule has 118 valence electrons. The van der Waals surface area contributed by atoms with Crippen molar-refractivity contribution in [1.82, 2.24) is 20.0 Å². The number of urea groups is 2. The zero-order chi connectivity index (χ0) is 15.6. The van der Waals surface area contributed by atoms with Crippen molar-refractivity contribution in [2.24, 2.45) is 5.92 Å². The lowest BCUT2D eigenvalue weighted by molar-refractivity contribution is -0.141. The minimum absolute atomic E-state index is 0.0193. The molecule has 0 aromatic carbocycles. The summed E-state index contributed by atoms with van der Waals surface area (Å²) in [6.07, 6.45) is 0. The fourth-order valence-electron chi connectivity index (χ4n) is 2.73. The molecule has 2 rings (SSSR count). The summed E-state index contributed by atoms with van der Waals surface area (Å²) < 4.78 is 0. The molecule has 21 heavy (non-hydrogen) atoms. The number of hydrogen-bond donors (Lipinski definition) is 2. The van der Waals surface area contributed by atoms with Gasteiger partial charge in [-0.05, 0) is 6.92 Å². The Hall–Kier alpha value is -1.99. The van der Waals surface area contributed by atoms with E-state index in [1.54, 1.807) is 21.6 Å². The molecule has 2 saturated heterocycles. The second-order valence-electron chi connectivity index (χ2n) is 5.54. The molecule has 0 spiro atoms. The van der Waals surface area contributed by atoms with Crippen LogP contribution in [0.25, 0.3) is 0 Å². The number of amides is 4. The number of fused-ring (bicyclic) bond motifs is 1. The van der Waals surface area contributed by atoms with Crippen molar-refractivity contribution >= 4 is 18.0 Å². The molecule has 2 unspecified atom stereocenters. The maximum absolute atomic E-state index is 12.5. The number of aliphatic carboxylic acids is 1.